The summed E-state index contributed by atoms with van der Waals surface area (Å²) in [7, 11) is 0. The number of aromatic nitrogens is 3. The van der Waals surface area contributed by atoms with Gasteiger partial charge in [-0.2, -0.15) is 4.98 Å². The van der Waals surface area contributed by atoms with Gasteiger partial charge in [0.15, 0.2) is 5.82 Å². The van der Waals surface area contributed by atoms with Gasteiger partial charge in [-0.3, -0.25) is 9.78 Å². The van der Waals surface area contributed by atoms with Crippen molar-refractivity contribution in [2.24, 2.45) is 0 Å². The SMILES string of the molecule is CCc1noc([C@@H]2CCCN(C(=O)c3ccccn3)C2)n1. The highest BCUT2D eigenvalue weighted by atomic mass is 16.5. The lowest BCUT2D eigenvalue weighted by molar-refractivity contribution is 0.0689. The van der Waals surface area contributed by atoms with E-state index in [0.29, 0.717) is 18.1 Å². The molecule has 1 atom stereocenters. The number of rotatable bonds is 3. The molecule has 110 valence electrons. The Kier molecular flexibility index (Phi) is 3.94. The van der Waals surface area contributed by atoms with E-state index in [2.05, 4.69) is 15.1 Å². The quantitative estimate of drug-likeness (QED) is 0.863. The highest BCUT2D eigenvalue weighted by Crippen LogP contribution is 2.26. The zero-order valence-corrected chi connectivity index (χ0v) is 12.0. The predicted octanol–water partition coefficient (Wildman–Crippen LogP) is 2.05. The van der Waals surface area contributed by atoms with Gasteiger partial charge < -0.3 is 9.42 Å². The van der Waals surface area contributed by atoms with E-state index >= 15 is 0 Å². The minimum absolute atomic E-state index is 0.0319. The molecule has 3 heterocycles. The Hall–Kier alpha value is -2.24. The van der Waals surface area contributed by atoms with Gasteiger partial charge in [-0.1, -0.05) is 18.1 Å². The Morgan fingerprint density at radius 1 is 1.48 bits per heavy atom. The standard InChI is InChI=1S/C15H18N4O2/c1-2-13-17-14(21-18-13)11-6-5-9-19(10-11)15(20)12-7-3-4-8-16-12/h3-4,7-8,11H,2,5-6,9-10H2,1H3/t11-/m1/s1. The van der Waals surface area contributed by atoms with Crippen molar-refractivity contribution in [2.45, 2.75) is 32.1 Å². The Bertz CT molecular complexity index is 611. The van der Waals surface area contributed by atoms with Crippen molar-refractivity contribution in [1.29, 1.82) is 0 Å². The summed E-state index contributed by atoms with van der Waals surface area (Å²) in [5.74, 6) is 1.46. The highest BCUT2D eigenvalue weighted by molar-refractivity contribution is 5.92. The maximum absolute atomic E-state index is 12.4. The zero-order valence-electron chi connectivity index (χ0n) is 12.0. The number of amides is 1. The summed E-state index contributed by atoms with van der Waals surface area (Å²) in [6, 6.07) is 5.38. The van der Waals surface area contributed by atoms with Crippen molar-refractivity contribution in [3.05, 3.63) is 41.8 Å². The van der Waals surface area contributed by atoms with Gasteiger partial charge in [-0.15, -0.1) is 0 Å². The molecule has 2 aromatic rings. The molecular weight excluding hydrogens is 268 g/mol. The maximum Gasteiger partial charge on any atom is 0.272 e. The normalized spacial score (nSPS) is 18.7. The third-order valence-electron chi connectivity index (χ3n) is 3.74. The van der Waals surface area contributed by atoms with Crippen molar-refractivity contribution in [3.8, 4) is 0 Å². The second-order valence-corrected chi connectivity index (χ2v) is 5.21. The summed E-state index contributed by atoms with van der Waals surface area (Å²) < 4.78 is 5.31. The second-order valence-electron chi connectivity index (χ2n) is 5.21. The van der Waals surface area contributed by atoms with Gasteiger partial charge in [0.1, 0.15) is 5.69 Å². The molecule has 1 aliphatic heterocycles. The van der Waals surface area contributed by atoms with Crippen molar-refractivity contribution < 1.29 is 9.32 Å². The number of piperidine rings is 1. The van der Waals surface area contributed by atoms with Gasteiger partial charge in [0.05, 0.1) is 5.92 Å². The van der Waals surface area contributed by atoms with Crippen molar-refractivity contribution in [2.75, 3.05) is 13.1 Å². The summed E-state index contributed by atoms with van der Waals surface area (Å²) >= 11 is 0. The van der Waals surface area contributed by atoms with Crippen LogP contribution in [-0.2, 0) is 6.42 Å². The van der Waals surface area contributed by atoms with Crippen LogP contribution in [-0.4, -0.2) is 39.0 Å². The highest BCUT2D eigenvalue weighted by Gasteiger charge is 2.29. The van der Waals surface area contributed by atoms with Crippen LogP contribution in [0.4, 0.5) is 0 Å². The molecule has 0 spiro atoms. The molecule has 6 nitrogen and oxygen atoms in total. The van der Waals surface area contributed by atoms with Crippen LogP contribution in [0, 0.1) is 0 Å². The lowest BCUT2D eigenvalue weighted by Gasteiger charge is -2.30. The van der Waals surface area contributed by atoms with Gasteiger partial charge in [0, 0.05) is 25.7 Å². The first-order chi connectivity index (χ1) is 10.3. The molecule has 1 aliphatic rings. The van der Waals surface area contributed by atoms with E-state index in [4.69, 9.17) is 4.52 Å². The van der Waals surface area contributed by atoms with Crippen LogP contribution in [0.15, 0.2) is 28.9 Å². The number of likely N-dealkylation sites (tertiary alicyclic amines) is 1. The zero-order chi connectivity index (χ0) is 14.7. The van der Waals surface area contributed by atoms with Gasteiger partial charge in [-0.05, 0) is 25.0 Å². The van der Waals surface area contributed by atoms with Crippen LogP contribution in [0.3, 0.4) is 0 Å². The van der Waals surface area contributed by atoms with Gasteiger partial charge in [-0.25, -0.2) is 0 Å². The fraction of sp³-hybridized carbons (Fsp3) is 0.467. The molecule has 21 heavy (non-hydrogen) atoms. The molecule has 0 N–H and O–H groups in total. The van der Waals surface area contributed by atoms with E-state index < -0.39 is 0 Å². The number of carbonyl (C=O) groups is 1. The third kappa shape index (κ3) is 2.94. The van der Waals surface area contributed by atoms with E-state index in [9.17, 15) is 4.79 Å². The monoisotopic (exact) mass is 286 g/mol. The maximum atomic E-state index is 12.4. The Morgan fingerprint density at radius 2 is 2.38 bits per heavy atom. The molecule has 0 aliphatic carbocycles. The molecule has 0 bridgehead atoms. The summed E-state index contributed by atoms with van der Waals surface area (Å²) in [5.41, 5.74) is 0.484. The van der Waals surface area contributed by atoms with Crippen molar-refractivity contribution in [1.82, 2.24) is 20.0 Å². The van der Waals surface area contributed by atoms with Crippen LogP contribution in [0.1, 0.15) is 47.9 Å². The first-order valence-corrected chi connectivity index (χ1v) is 7.30. The van der Waals surface area contributed by atoms with Crippen molar-refractivity contribution >= 4 is 5.91 Å². The Balaban J connectivity index is 1.72. The average molecular weight is 286 g/mol. The smallest absolute Gasteiger partial charge is 0.272 e. The van der Waals surface area contributed by atoms with Crippen LogP contribution in [0.25, 0.3) is 0 Å². The first-order valence-electron chi connectivity index (χ1n) is 7.30. The summed E-state index contributed by atoms with van der Waals surface area (Å²) in [4.78, 5) is 22.8. The van der Waals surface area contributed by atoms with E-state index in [1.165, 1.54) is 0 Å². The number of carbonyl (C=O) groups excluding carboxylic acids is 1. The van der Waals surface area contributed by atoms with Crippen molar-refractivity contribution in [3.63, 3.8) is 0 Å². The Morgan fingerprint density at radius 3 is 3.10 bits per heavy atom. The number of hydrogen-bond donors (Lipinski definition) is 0. The second kappa shape index (κ2) is 6.03. The summed E-state index contributed by atoms with van der Waals surface area (Å²) in [5, 5.41) is 3.94. The molecule has 0 aromatic carbocycles. The molecule has 1 amide bonds. The minimum atomic E-state index is -0.0319. The molecule has 0 radical (unpaired) electrons. The number of aryl methyl sites for hydroxylation is 1. The number of pyridine rings is 1. The minimum Gasteiger partial charge on any atom is -0.339 e. The molecule has 6 heteroatoms. The topological polar surface area (TPSA) is 72.1 Å². The molecule has 0 saturated carbocycles. The number of nitrogens with zero attached hydrogens (tertiary/aromatic N) is 4. The lowest BCUT2D eigenvalue weighted by Crippen LogP contribution is -2.39. The van der Waals surface area contributed by atoms with E-state index in [1.54, 1.807) is 18.3 Å². The lowest BCUT2D eigenvalue weighted by atomic mass is 9.97. The largest absolute Gasteiger partial charge is 0.339 e. The summed E-state index contributed by atoms with van der Waals surface area (Å²) in [6.45, 7) is 3.36. The van der Waals surface area contributed by atoms with Gasteiger partial charge in [0.2, 0.25) is 5.89 Å². The molecule has 1 fully saturated rings. The average Bonchev–Trinajstić information content (AvgIpc) is 3.04. The van der Waals surface area contributed by atoms with Gasteiger partial charge in [0.25, 0.3) is 5.91 Å². The molecule has 1 saturated heterocycles. The molecule has 3 rings (SSSR count). The molecule has 2 aromatic heterocycles. The van der Waals surface area contributed by atoms with Gasteiger partial charge >= 0.3 is 0 Å². The molecular formula is C15H18N4O2. The van der Waals surface area contributed by atoms with Crippen LogP contribution in [0.2, 0.25) is 0 Å². The fourth-order valence-electron chi connectivity index (χ4n) is 2.59. The third-order valence-corrected chi connectivity index (χ3v) is 3.74. The van der Waals surface area contributed by atoms with E-state index in [0.717, 1.165) is 31.6 Å². The van der Waals surface area contributed by atoms with E-state index in [1.807, 2.05) is 17.9 Å². The fourth-order valence-corrected chi connectivity index (χ4v) is 2.59. The Labute approximate surface area is 123 Å². The first kappa shape index (κ1) is 13.7. The van der Waals surface area contributed by atoms with Crippen LogP contribution >= 0.6 is 0 Å². The number of hydrogen-bond acceptors (Lipinski definition) is 5. The van der Waals surface area contributed by atoms with Crippen LogP contribution in [0.5, 0.6) is 0 Å². The van der Waals surface area contributed by atoms with Crippen LogP contribution < -0.4 is 0 Å². The van der Waals surface area contributed by atoms with E-state index in [-0.39, 0.29) is 11.8 Å². The summed E-state index contributed by atoms with van der Waals surface area (Å²) in [6.07, 6.45) is 4.30. The molecule has 0 unspecified atom stereocenters. The predicted molar refractivity (Wildman–Crippen MR) is 75.8 cm³/mol.